The Labute approximate surface area is 209 Å². The number of hydrogen-bond acceptors (Lipinski definition) is 7. The van der Waals surface area contributed by atoms with Crippen molar-refractivity contribution in [1.29, 1.82) is 5.26 Å². The summed E-state index contributed by atoms with van der Waals surface area (Å²) in [6.45, 7) is 6.02. The highest BCUT2D eigenvalue weighted by atomic mass is 35.5. The first-order valence-corrected chi connectivity index (χ1v) is 13.1. The quantitative estimate of drug-likeness (QED) is 0.345. The average molecular weight is 523 g/mol. The van der Waals surface area contributed by atoms with Crippen molar-refractivity contribution in [3.05, 3.63) is 69.6 Å². The van der Waals surface area contributed by atoms with Gasteiger partial charge in [-0.05, 0) is 42.3 Å². The number of nitriles is 1. The van der Waals surface area contributed by atoms with Crippen molar-refractivity contribution in [2.24, 2.45) is 0 Å². The van der Waals surface area contributed by atoms with E-state index in [1.807, 2.05) is 38.1 Å². The van der Waals surface area contributed by atoms with E-state index in [9.17, 15) is 13.7 Å². The number of sulfone groups is 1. The topological polar surface area (TPSA) is 102 Å². The summed E-state index contributed by atoms with van der Waals surface area (Å²) in [5.41, 5.74) is 2.13. The molecule has 0 aliphatic heterocycles. The van der Waals surface area contributed by atoms with Gasteiger partial charge >= 0.3 is 5.22 Å². The molecule has 1 aromatic heterocycles. The van der Waals surface area contributed by atoms with E-state index in [2.05, 4.69) is 11.1 Å². The molecule has 180 valence electrons. The van der Waals surface area contributed by atoms with Crippen LogP contribution in [0.4, 0.5) is 0 Å². The Hall–Kier alpha value is -2.73. The molecule has 2 aromatic carbocycles. The van der Waals surface area contributed by atoms with E-state index in [4.69, 9.17) is 37.1 Å². The molecule has 0 aliphatic carbocycles. The molecule has 0 radical (unpaired) electrons. The number of nitrogens with zero attached hydrogens (tertiary/aromatic N) is 2. The number of oxazole rings is 1. The van der Waals surface area contributed by atoms with Crippen LogP contribution in [-0.4, -0.2) is 32.1 Å². The Balaban J connectivity index is 1.79. The molecule has 1 heterocycles. The highest BCUT2D eigenvalue weighted by Crippen LogP contribution is 2.38. The highest BCUT2D eigenvalue weighted by molar-refractivity contribution is 7.90. The van der Waals surface area contributed by atoms with Crippen molar-refractivity contribution >= 4 is 33.0 Å². The molecule has 0 spiro atoms. The maximum atomic E-state index is 11.6. The molecule has 34 heavy (non-hydrogen) atoms. The summed E-state index contributed by atoms with van der Waals surface area (Å²) in [5.74, 6) is 1.60. The van der Waals surface area contributed by atoms with Crippen LogP contribution < -0.4 is 9.47 Å². The van der Waals surface area contributed by atoms with Gasteiger partial charge in [0.2, 0.25) is 9.84 Å². The lowest BCUT2D eigenvalue weighted by Gasteiger charge is -2.27. The first-order valence-electron chi connectivity index (χ1n) is 10.3. The van der Waals surface area contributed by atoms with E-state index in [0.717, 1.165) is 17.4 Å². The highest BCUT2D eigenvalue weighted by Gasteiger charge is 2.26. The van der Waals surface area contributed by atoms with Crippen molar-refractivity contribution in [1.82, 2.24) is 4.98 Å². The minimum absolute atomic E-state index is 0.0680. The molecular formula is C24H24Cl2N2O5S. The van der Waals surface area contributed by atoms with Crippen LogP contribution in [0.1, 0.15) is 42.0 Å². The van der Waals surface area contributed by atoms with Gasteiger partial charge in [0.25, 0.3) is 0 Å². The summed E-state index contributed by atoms with van der Waals surface area (Å²) >= 11 is 12.1. The molecule has 0 amide bonds. The van der Waals surface area contributed by atoms with E-state index < -0.39 is 15.3 Å². The van der Waals surface area contributed by atoms with Gasteiger partial charge in [-0.1, -0.05) is 37.6 Å². The number of benzene rings is 2. The lowest BCUT2D eigenvalue weighted by atomic mass is 9.77. The van der Waals surface area contributed by atoms with E-state index in [1.54, 1.807) is 19.1 Å². The van der Waals surface area contributed by atoms with E-state index in [1.165, 1.54) is 0 Å². The van der Waals surface area contributed by atoms with Crippen LogP contribution in [0.2, 0.25) is 5.02 Å². The fourth-order valence-corrected chi connectivity index (χ4v) is 4.21. The van der Waals surface area contributed by atoms with Gasteiger partial charge in [0.15, 0.2) is 5.75 Å². The zero-order valence-corrected chi connectivity index (χ0v) is 21.5. The lowest BCUT2D eigenvalue weighted by molar-refractivity contribution is 0.299. The molecule has 0 unspecified atom stereocenters. The van der Waals surface area contributed by atoms with Crippen molar-refractivity contribution in [3.63, 3.8) is 0 Å². The average Bonchev–Trinajstić information content (AvgIpc) is 3.17. The summed E-state index contributed by atoms with van der Waals surface area (Å²) in [7, 11) is -3.53. The summed E-state index contributed by atoms with van der Waals surface area (Å²) in [4.78, 5) is 4.01. The monoisotopic (exact) mass is 522 g/mol. The van der Waals surface area contributed by atoms with Crippen LogP contribution in [0, 0.1) is 18.3 Å². The van der Waals surface area contributed by atoms with Gasteiger partial charge < -0.3 is 13.9 Å². The van der Waals surface area contributed by atoms with Crippen LogP contribution >= 0.6 is 23.2 Å². The minimum Gasteiger partial charge on any atom is -0.489 e. The van der Waals surface area contributed by atoms with Crippen molar-refractivity contribution in [3.8, 4) is 17.6 Å². The SMILES string of the molecule is Cc1oc(S(C)(=O)=O)nc1COc1ccc(C(C)(C)c2cc(Cl)c(OCCCl)c(C#N)c2)cc1. The van der Waals surface area contributed by atoms with Gasteiger partial charge in [0, 0.05) is 11.7 Å². The molecule has 0 fully saturated rings. The Bertz CT molecular complexity index is 1330. The Morgan fingerprint density at radius 1 is 1.15 bits per heavy atom. The summed E-state index contributed by atoms with van der Waals surface area (Å²) in [5, 5.41) is 9.60. The summed E-state index contributed by atoms with van der Waals surface area (Å²) in [6.07, 6.45) is 1.04. The number of aryl methyl sites for hydroxylation is 1. The van der Waals surface area contributed by atoms with Gasteiger partial charge in [-0.3, -0.25) is 0 Å². The van der Waals surface area contributed by atoms with Crippen molar-refractivity contribution < 1.29 is 22.3 Å². The van der Waals surface area contributed by atoms with Crippen LogP contribution in [0.25, 0.3) is 0 Å². The van der Waals surface area contributed by atoms with Crippen LogP contribution in [-0.2, 0) is 21.9 Å². The standard InChI is InChI=1S/C24H24Cl2N2O5S/c1-15-21(28-23(33-15)34(4,29)30)14-32-19-7-5-17(6-8-19)24(2,3)18-11-16(13-27)22(20(26)12-18)31-10-9-25/h5-8,11-12H,9-10,14H2,1-4H3. The first kappa shape index (κ1) is 25.9. The number of ether oxygens (including phenoxy) is 2. The molecule has 3 aromatic rings. The number of halogens is 2. The maximum absolute atomic E-state index is 11.6. The minimum atomic E-state index is -3.53. The van der Waals surface area contributed by atoms with Gasteiger partial charge in [-0.25, -0.2) is 13.4 Å². The van der Waals surface area contributed by atoms with Crippen LogP contribution in [0.5, 0.6) is 11.5 Å². The number of hydrogen-bond donors (Lipinski definition) is 0. The van der Waals surface area contributed by atoms with Crippen molar-refractivity contribution in [2.45, 2.75) is 38.0 Å². The fourth-order valence-electron chi connectivity index (χ4n) is 3.30. The lowest BCUT2D eigenvalue weighted by Crippen LogP contribution is -2.19. The molecule has 3 rings (SSSR count). The zero-order chi connectivity index (χ0) is 25.1. The third kappa shape index (κ3) is 5.66. The largest absolute Gasteiger partial charge is 0.489 e. The summed E-state index contributed by atoms with van der Waals surface area (Å²) in [6, 6.07) is 13.2. The third-order valence-electron chi connectivity index (χ3n) is 5.35. The van der Waals surface area contributed by atoms with Gasteiger partial charge in [0.05, 0.1) is 16.5 Å². The van der Waals surface area contributed by atoms with Gasteiger partial charge in [-0.2, -0.15) is 5.26 Å². The smallest absolute Gasteiger partial charge is 0.315 e. The molecule has 0 saturated heterocycles. The predicted molar refractivity (Wildman–Crippen MR) is 130 cm³/mol. The van der Waals surface area contributed by atoms with Crippen molar-refractivity contribution in [2.75, 3.05) is 18.7 Å². The van der Waals surface area contributed by atoms with E-state index in [0.29, 0.717) is 33.5 Å². The molecule has 0 aliphatic rings. The van der Waals surface area contributed by atoms with Crippen LogP contribution in [0.15, 0.2) is 46.0 Å². The van der Waals surface area contributed by atoms with Gasteiger partial charge in [0.1, 0.15) is 36.5 Å². The second-order valence-corrected chi connectivity index (χ2v) is 10.9. The van der Waals surface area contributed by atoms with Crippen LogP contribution in [0.3, 0.4) is 0 Å². The Morgan fingerprint density at radius 2 is 1.82 bits per heavy atom. The molecular weight excluding hydrogens is 499 g/mol. The fraction of sp³-hybridized carbons (Fsp3) is 0.333. The van der Waals surface area contributed by atoms with Gasteiger partial charge in [-0.15, -0.1) is 11.6 Å². The third-order valence-corrected chi connectivity index (χ3v) is 6.60. The number of rotatable bonds is 9. The normalized spacial score (nSPS) is 11.8. The predicted octanol–water partition coefficient (Wildman–Crippen LogP) is 5.43. The number of alkyl halides is 1. The molecule has 0 N–H and O–H groups in total. The zero-order valence-electron chi connectivity index (χ0n) is 19.2. The molecule has 0 saturated carbocycles. The molecule has 0 atom stereocenters. The van der Waals surface area contributed by atoms with E-state index in [-0.39, 0.29) is 24.3 Å². The van der Waals surface area contributed by atoms with E-state index >= 15 is 0 Å². The molecule has 7 nitrogen and oxygen atoms in total. The summed E-state index contributed by atoms with van der Waals surface area (Å²) < 4.78 is 39.7. The first-order chi connectivity index (χ1) is 16.0. The Morgan fingerprint density at radius 3 is 2.38 bits per heavy atom. The molecule has 10 heteroatoms. The second kappa shape index (κ2) is 10.3. The Kier molecular flexibility index (Phi) is 7.81. The maximum Gasteiger partial charge on any atom is 0.315 e. The second-order valence-electron chi connectivity index (χ2n) is 8.18. The molecule has 0 bridgehead atoms. The number of aromatic nitrogens is 1.